The van der Waals surface area contributed by atoms with Crippen LogP contribution in [-0.4, -0.2) is 127 Å². The number of fused-ring (bicyclic) bond motifs is 4. The highest BCUT2D eigenvalue weighted by Gasteiger charge is 2.68. The first-order valence-corrected chi connectivity index (χ1v) is 28.6. The number of nitrogens with zero attached hydrogens (tertiary/aromatic N) is 7. The van der Waals surface area contributed by atoms with E-state index in [1.807, 2.05) is 0 Å². The van der Waals surface area contributed by atoms with Crippen molar-refractivity contribution < 1.29 is 109 Å². The molecule has 4 N–H and O–H groups in total. The number of amides is 3. The standard InChI is InChI=1S/C47H44ClF10N8O14PS2/c1-44(2,83(3,77)78)11-10-26-6-7-27(39(59-26)32(15-23-13-24(49)16-25(50)14-23)60-34(67)19-64-42-37(41(62-64)47(56,57)58)29-17-30(29)46(42,54)55)28-8-9-31(48)38-33(61-65(40(28)38)21-45(51,52)53)18-66(82(75)76)35(68)5-4-12-63(20-36(69)70)43(71)79-22-80-81(72,73)74/h6-9,13-14,16,29-30,32H,4-5,12,15,17-22H2,1-3H3,(H,60,67)(H,69,70)(H,75,76)(H2,72,73,74)/p-1/t29-,30+,32?/m0/s1. The fraction of sp³-hybridized carbons (Fsp3) is 0.426. The van der Waals surface area contributed by atoms with Gasteiger partial charge in [-0.05, 0) is 80.8 Å². The first-order valence-electron chi connectivity index (χ1n) is 23.8. The van der Waals surface area contributed by atoms with Crippen LogP contribution >= 0.6 is 19.4 Å². The third kappa shape index (κ3) is 15.0. The van der Waals surface area contributed by atoms with Crippen LogP contribution in [0.25, 0.3) is 22.0 Å². The number of nitrogens with one attached hydrogen (secondary N) is 1. The Labute approximate surface area is 469 Å². The summed E-state index contributed by atoms with van der Waals surface area (Å²) >= 11 is 3.06. The Morgan fingerprint density at radius 3 is 2.27 bits per heavy atom. The van der Waals surface area contributed by atoms with E-state index in [9.17, 15) is 81.2 Å². The summed E-state index contributed by atoms with van der Waals surface area (Å²) in [6.45, 7) is -5.26. The highest BCUT2D eigenvalue weighted by molar-refractivity contribution is 7.92. The average Bonchev–Trinajstić information content (AvgIpc) is 1.56. The van der Waals surface area contributed by atoms with Gasteiger partial charge in [-0.15, -0.1) is 0 Å². The lowest BCUT2D eigenvalue weighted by atomic mass is 9.93. The molecule has 1 saturated carbocycles. The Morgan fingerprint density at radius 2 is 1.67 bits per heavy atom. The molecule has 3 amide bonds. The van der Waals surface area contributed by atoms with Crippen LogP contribution in [0.15, 0.2) is 42.5 Å². The Bertz CT molecular complexity index is 3660. The quantitative estimate of drug-likeness (QED) is 0.0193. The molecule has 2 aliphatic carbocycles. The highest BCUT2D eigenvalue weighted by atomic mass is 35.5. The summed E-state index contributed by atoms with van der Waals surface area (Å²) in [5.41, 5.74) is -6.76. The zero-order valence-corrected chi connectivity index (χ0v) is 46.0. The Kier molecular flexibility index (Phi) is 18.3. The number of aromatic nitrogens is 5. The summed E-state index contributed by atoms with van der Waals surface area (Å²) in [6, 6.07) is 4.55. The van der Waals surface area contributed by atoms with E-state index >= 15 is 8.78 Å². The van der Waals surface area contributed by atoms with Crippen molar-refractivity contribution in [2.45, 2.75) is 94.1 Å². The first kappa shape index (κ1) is 63.8. The number of pyridine rings is 1. The molecule has 36 heteroatoms. The number of phosphoric acid groups is 1. The number of ether oxygens (including phenoxy) is 1. The average molecular weight is 1260 g/mol. The summed E-state index contributed by atoms with van der Waals surface area (Å²) < 4.78 is 217. The van der Waals surface area contributed by atoms with Gasteiger partial charge in [0.15, 0.2) is 15.5 Å². The van der Waals surface area contributed by atoms with Gasteiger partial charge in [0.1, 0.15) is 47.4 Å². The lowest BCUT2D eigenvalue weighted by molar-refractivity contribution is -0.143. The van der Waals surface area contributed by atoms with Crippen LogP contribution in [0.3, 0.4) is 0 Å². The Balaban J connectivity index is 1.35. The van der Waals surface area contributed by atoms with Gasteiger partial charge in [0.25, 0.3) is 5.92 Å². The predicted octanol–water partition coefficient (Wildman–Crippen LogP) is 6.78. The lowest BCUT2D eigenvalue weighted by Crippen LogP contribution is -2.38. The van der Waals surface area contributed by atoms with Gasteiger partial charge < -0.3 is 29.5 Å². The van der Waals surface area contributed by atoms with Gasteiger partial charge in [-0.1, -0.05) is 23.6 Å². The number of halogens is 11. The van der Waals surface area contributed by atoms with Crippen LogP contribution in [0.2, 0.25) is 5.02 Å². The number of sulfone groups is 1. The summed E-state index contributed by atoms with van der Waals surface area (Å²) in [5, 5.41) is 18.1. The smallest absolute Gasteiger partial charge is 0.472 e. The maximum Gasteiger partial charge on any atom is 0.472 e. The van der Waals surface area contributed by atoms with Crippen LogP contribution in [0.4, 0.5) is 48.7 Å². The van der Waals surface area contributed by atoms with E-state index in [0.717, 1.165) is 42.7 Å². The van der Waals surface area contributed by atoms with E-state index in [2.05, 4.69) is 41.6 Å². The molecule has 3 aromatic heterocycles. The summed E-state index contributed by atoms with van der Waals surface area (Å²) in [4.78, 5) is 74.3. The van der Waals surface area contributed by atoms with Crippen LogP contribution in [-0.2, 0) is 87.5 Å². The van der Waals surface area contributed by atoms with Crippen molar-refractivity contribution in [2.75, 3.05) is 26.1 Å². The molecule has 0 bridgehead atoms. The van der Waals surface area contributed by atoms with Crippen molar-refractivity contribution in [1.82, 2.24) is 39.1 Å². The fourth-order valence-corrected chi connectivity index (χ4v) is 10.2. The largest absolute Gasteiger partial charge is 0.755 e. The van der Waals surface area contributed by atoms with Gasteiger partial charge in [-0.25, -0.2) is 36.1 Å². The normalized spacial score (nSPS) is 16.5. The van der Waals surface area contributed by atoms with Crippen molar-refractivity contribution in [1.29, 1.82) is 0 Å². The molecule has 0 saturated heterocycles. The van der Waals surface area contributed by atoms with Gasteiger partial charge in [0.2, 0.25) is 18.6 Å². The van der Waals surface area contributed by atoms with Crippen LogP contribution < -0.4 is 5.32 Å². The number of carbonyl (C=O) groups excluding carboxylic acids is 3. The molecule has 3 heterocycles. The minimum absolute atomic E-state index is 0.0736. The Morgan fingerprint density at radius 1 is 1.02 bits per heavy atom. The molecule has 0 aliphatic heterocycles. The molecule has 1 fully saturated rings. The summed E-state index contributed by atoms with van der Waals surface area (Å²) in [5.74, 6) is -8.31. The van der Waals surface area contributed by atoms with E-state index in [1.165, 1.54) is 13.8 Å². The van der Waals surface area contributed by atoms with E-state index < -0.39 is 208 Å². The van der Waals surface area contributed by atoms with Gasteiger partial charge in [-0.3, -0.25) is 37.2 Å². The molecule has 0 radical (unpaired) electrons. The second-order valence-corrected chi connectivity index (χ2v) is 24.4. The number of rotatable bonds is 21. The van der Waals surface area contributed by atoms with Gasteiger partial charge >= 0.3 is 32.2 Å². The van der Waals surface area contributed by atoms with E-state index in [4.69, 9.17) is 21.4 Å². The van der Waals surface area contributed by atoms with E-state index in [1.54, 1.807) is 0 Å². The molecule has 83 heavy (non-hydrogen) atoms. The number of hydrogen-bond acceptors (Lipinski definition) is 14. The minimum Gasteiger partial charge on any atom is -0.755 e. The summed E-state index contributed by atoms with van der Waals surface area (Å²) in [7, 11) is -9.12. The van der Waals surface area contributed by atoms with Crippen molar-refractivity contribution in [2.24, 2.45) is 5.92 Å². The third-order valence-corrected chi connectivity index (χ3v) is 16.4. The molecule has 22 nitrogen and oxygen atoms in total. The van der Waals surface area contributed by atoms with Gasteiger partial charge in [0, 0.05) is 53.3 Å². The maximum atomic E-state index is 15.6. The van der Waals surface area contributed by atoms with Crippen LogP contribution in [0.5, 0.6) is 0 Å². The molecule has 4 atom stereocenters. The molecule has 450 valence electrons. The second-order valence-electron chi connectivity index (χ2n) is 19.4. The monoisotopic (exact) mass is 1260 g/mol. The highest BCUT2D eigenvalue weighted by Crippen LogP contribution is 2.68. The van der Waals surface area contributed by atoms with E-state index in [-0.39, 0.29) is 42.5 Å². The molecular weight excluding hydrogens is 1220 g/mol. The predicted molar refractivity (Wildman–Crippen MR) is 265 cm³/mol. The molecule has 5 aromatic rings. The number of phosphoric ester groups is 1. The van der Waals surface area contributed by atoms with Crippen LogP contribution in [0, 0.1) is 29.4 Å². The number of hydrogen-bond donors (Lipinski definition) is 4. The molecular formula is C47H43ClF10N8O14PS2-. The molecule has 0 spiro atoms. The Hall–Kier alpha value is -6.73. The summed E-state index contributed by atoms with van der Waals surface area (Å²) in [6.07, 6.45) is -13.5. The van der Waals surface area contributed by atoms with Crippen molar-refractivity contribution in [3.8, 4) is 23.0 Å². The second kappa shape index (κ2) is 23.7. The number of carboxylic acid groups (broad SMARTS) is 1. The van der Waals surface area contributed by atoms with Crippen molar-refractivity contribution in [3.63, 3.8) is 0 Å². The SMILES string of the molecule is CC(C)(C#Cc1ccc(-c2ccc(Cl)c3c(CN(C(=O)CCCN(CC(=O)O)C(=O)OCOP(=O)(O)O)S(=O)[O-])nn(CC(F)(F)F)c23)c(C(Cc2cc(F)cc(F)c2)NC(=O)Cn2nc(C(F)(F)F)c3c2C(F)(F)[C@@H]2C[C@H]32)n1)S(C)(=O)=O. The molecule has 2 aromatic carbocycles. The van der Waals surface area contributed by atoms with Crippen molar-refractivity contribution in [3.05, 3.63) is 98.7 Å². The zero-order valence-electron chi connectivity index (χ0n) is 42.7. The first-order chi connectivity index (χ1) is 38.3. The van der Waals surface area contributed by atoms with E-state index in [0.29, 0.717) is 11.0 Å². The number of alkyl halides is 8. The van der Waals surface area contributed by atoms with Gasteiger partial charge in [-0.2, -0.15) is 45.3 Å². The maximum absolute atomic E-state index is 15.6. The topological polar surface area (TPSA) is 306 Å². The number of benzene rings is 2. The van der Waals surface area contributed by atoms with Crippen molar-refractivity contribution >= 4 is 75.3 Å². The number of carboxylic acids is 1. The van der Waals surface area contributed by atoms with Crippen LogP contribution in [0.1, 0.15) is 84.7 Å². The number of aliphatic carboxylic acids is 1. The van der Waals surface area contributed by atoms with Gasteiger partial charge in [0.05, 0.1) is 45.8 Å². The fourth-order valence-electron chi connectivity index (χ4n) is 9.00. The molecule has 2 aliphatic rings. The molecule has 2 unspecified atom stereocenters. The molecule has 7 rings (SSSR count). The lowest BCUT2D eigenvalue weighted by Gasteiger charge is -2.25. The third-order valence-electron chi connectivity index (χ3n) is 13.0. The minimum atomic E-state index is -5.26. The number of carbonyl (C=O) groups is 4. The zero-order chi connectivity index (χ0) is 61.7.